The summed E-state index contributed by atoms with van der Waals surface area (Å²) in [4.78, 5) is 31.1. The zero-order valence-electron chi connectivity index (χ0n) is 20.1. The van der Waals surface area contributed by atoms with Gasteiger partial charge in [0, 0.05) is 50.3 Å². The second-order valence-electron chi connectivity index (χ2n) is 8.90. The highest BCUT2D eigenvalue weighted by atomic mass is 16.5. The maximum absolute atomic E-state index is 13.3. The van der Waals surface area contributed by atoms with Gasteiger partial charge < -0.3 is 29.2 Å². The Hall–Kier alpha value is -3.85. The molecule has 2 aromatic heterocycles. The van der Waals surface area contributed by atoms with E-state index >= 15 is 0 Å². The van der Waals surface area contributed by atoms with Gasteiger partial charge in [0.25, 0.3) is 5.91 Å². The number of hydrogen-bond acceptors (Lipinski definition) is 4. The molecule has 1 fully saturated rings. The van der Waals surface area contributed by atoms with Gasteiger partial charge in [0.2, 0.25) is 0 Å². The number of nitrogens with one attached hydrogen (secondary N) is 1. The number of aryl methyl sites for hydroxylation is 2. The molecule has 2 amide bonds. The van der Waals surface area contributed by atoms with Crippen LogP contribution in [0, 0.1) is 0 Å². The zero-order chi connectivity index (χ0) is 24.7. The fourth-order valence-electron chi connectivity index (χ4n) is 5.18. The molecule has 1 aliphatic rings. The fraction of sp³-hybridized carbons (Fsp3) is 0.346. The molecule has 2 atom stereocenters. The van der Waals surface area contributed by atoms with E-state index in [9.17, 15) is 9.59 Å². The maximum atomic E-state index is 13.3. The molecule has 0 unspecified atom stereocenters. The van der Waals surface area contributed by atoms with Crippen molar-refractivity contribution in [2.75, 3.05) is 20.2 Å². The molecule has 0 radical (unpaired) electrons. The highest BCUT2D eigenvalue weighted by molar-refractivity contribution is 5.98. The number of benzene rings is 2. The van der Waals surface area contributed by atoms with Crippen molar-refractivity contribution < 1.29 is 19.4 Å². The Morgan fingerprint density at radius 1 is 1.17 bits per heavy atom. The summed E-state index contributed by atoms with van der Waals surface area (Å²) in [5, 5.41) is 12.8. The molecular weight excluding hydrogens is 446 g/mol. The first kappa shape index (κ1) is 22.9. The first-order valence-corrected chi connectivity index (χ1v) is 11.8. The summed E-state index contributed by atoms with van der Waals surface area (Å²) in [6.07, 6.45) is -0.829. The van der Waals surface area contributed by atoms with Crippen molar-refractivity contribution in [3.63, 3.8) is 0 Å². The van der Waals surface area contributed by atoms with Crippen LogP contribution >= 0.6 is 0 Å². The number of ether oxygens (including phenoxy) is 1. The minimum atomic E-state index is -1.13. The van der Waals surface area contributed by atoms with Crippen LogP contribution in [0.15, 0.2) is 48.5 Å². The van der Waals surface area contributed by atoms with Gasteiger partial charge in [-0.1, -0.05) is 18.2 Å². The van der Waals surface area contributed by atoms with E-state index in [1.807, 2.05) is 37.4 Å². The lowest BCUT2D eigenvalue weighted by molar-refractivity contribution is 0.0136. The molecule has 0 saturated carbocycles. The van der Waals surface area contributed by atoms with Gasteiger partial charge in [-0.15, -0.1) is 0 Å². The van der Waals surface area contributed by atoms with Crippen LogP contribution in [0.2, 0.25) is 0 Å². The lowest BCUT2D eigenvalue weighted by Gasteiger charge is -2.37. The highest BCUT2D eigenvalue weighted by Gasteiger charge is 2.33. The number of hydrogen-bond donors (Lipinski definition) is 2. The molecule has 182 valence electrons. The van der Waals surface area contributed by atoms with Crippen LogP contribution in [-0.2, 0) is 18.3 Å². The van der Waals surface area contributed by atoms with Gasteiger partial charge in [-0.2, -0.15) is 0 Å². The molecule has 9 nitrogen and oxygen atoms in total. The standard InChI is InChI=1S/C26H29N5O4/c1-4-31-20-8-6-5-7-16(20)14-22(31)24-27-18-13-17(9-10-21(18)29(24)2)25(32)30-12-11-23(35-3)19(15-30)28-26(33)34/h5-10,13-14,19,23,28H,4,11-12,15H2,1-3H3,(H,33,34)/t19-,23-/m1/s1. The predicted molar refractivity (Wildman–Crippen MR) is 134 cm³/mol. The number of carboxylic acid groups (broad SMARTS) is 1. The van der Waals surface area contributed by atoms with E-state index in [-0.39, 0.29) is 18.6 Å². The Balaban J connectivity index is 1.47. The van der Waals surface area contributed by atoms with Crippen LogP contribution < -0.4 is 5.32 Å². The number of para-hydroxylation sites is 1. The Bertz CT molecular complexity index is 1420. The number of carbonyl (C=O) groups is 2. The van der Waals surface area contributed by atoms with E-state index in [0.29, 0.717) is 18.5 Å². The number of fused-ring (bicyclic) bond motifs is 2. The SMILES string of the molecule is CCn1c(-c2nc3cc(C(=O)N4CC[C@@H](OC)[C@H](NC(=O)O)C4)ccc3n2C)cc2ccccc21. The average Bonchev–Trinajstić information content (AvgIpc) is 3.39. The van der Waals surface area contributed by atoms with E-state index < -0.39 is 12.1 Å². The van der Waals surface area contributed by atoms with E-state index in [1.165, 1.54) is 0 Å². The Labute approximate surface area is 202 Å². The van der Waals surface area contributed by atoms with E-state index in [0.717, 1.165) is 40.0 Å². The van der Waals surface area contributed by atoms with Crippen LogP contribution in [0.25, 0.3) is 33.5 Å². The van der Waals surface area contributed by atoms with Crippen LogP contribution in [0.1, 0.15) is 23.7 Å². The number of piperidine rings is 1. The molecule has 0 bridgehead atoms. The van der Waals surface area contributed by atoms with Crippen molar-refractivity contribution in [3.8, 4) is 11.5 Å². The molecule has 35 heavy (non-hydrogen) atoms. The van der Waals surface area contributed by atoms with Crippen molar-refractivity contribution in [1.82, 2.24) is 24.3 Å². The molecule has 9 heteroatoms. The number of nitrogens with zero attached hydrogens (tertiary/aromatic N) is 4. The normalized spacial score (nSPS) is 18.3. The van der Waals surface area contributed by atoms with Crippen molar-refractivity contribution >= 4 is 33.9 Å². The summed E-state index contributed by atoms with van der Waals surface area (Å²) in [6, 6.07) is 15.5. The van der Waals surface area contributed by atoms with Gasteiger partial charge in [0.05, 0.1) is 28.9 Å². The van der Waals surface area contributed by atoms with Gasteiger partial charge in [0.1, 0.15) is 0 Å². The molecule has 5 rings (SSSR count). The van der Waals surface area contributed by atoms with Gasteiger partial charge in [0.15, 0.2) is 5.82 Å². The number of aromatic nitrogens is 3. The average molecular weight is 476 g/mol. The van der Waals surface area contributed by atoms with Gasteiger partial charge >= 0.3 is 6.09 Å². The van der Waals surface area contributed by atoms with Crippen LogP contribution in [0.5, 0.6) is 0 Å². The van der Waals surface area contributed by atoms with Crippen LogP contribution in [0.3, 0.4) is 0 Å². The van der Waals surface area contributed by atoms with E-state index in [1.54, 1.807) is 12.0 Å². The second kappa shape index (κ2) is 9.07. The largest absolute Gasteiger partial charge is 0.465 e. The van der Waals surface area contributed by atoms with Crippen molar-refractivity contribution in [1.29, 1.82) is 0 Å². The molecule has 2 N–H and O–H groups in total. The third-order valence-corrected chi connectivity index (χ3v) is 6.93. The number of carbonyl (C=O) groups excluding carboxylic acids is 1. The van der Waals surface area contributed by atoms with E-state index in [4.69, 9.17) is 14.8 Å². The zero-order valence-corrected chi connectivity index (χ0v) is 20.1. The third-order valence-electron chi connectivity index (χ3n) is 6.93. The summed E-state index contributed by atoms with van der Waals surface area (Å²) in [6.45, 7) is 3.69. The quantitative estimate of drug-likeness (QED) is 0.458. The number of methoxy groups -OCH3 is 1. The number of amides is 2. The molecule has 1 aliphatic heterocycles. The fourth-order valence-corrected chi connectivity index (χ4v) is 5.18. The summed E-state index contributed by atoms with van der Waals surface area (Å²) >= 11 is 0. The molecule has 3 heterocycles. The minimum absolute atomic E-state index is 0.145. The third kappa shape index (κ3) is 4.01. The van der Waals surface area contributed by atoms with Gasteiger partial charge in [-0.05, 0) is 43.7 Å². The molecule has 0 aliphatic carbocycles. The number of likely N-dealkylation sites (tertiary alicyclic amines) is 1. The highest BCUT2D eigenvalue weighted by Crippen LogP contribution is 2.30. The molecule has 4 aromatic rings. The van der Waals surface area contributed by atoms with Crippen LogP contribution in [-0.4, -0.2) is 68.5 Å². The summed E-state index contributed by atoms with van der Waals surface area (Å²) < 4.78 is 9.72. The first-order chi connectivity index (χ1) is 16.9. The lowest BCUT2D eigenvalue weighted by Crippen LogP contribution is -2.56. The molecule has 0 spiro atoms. The molecular formula is C26H29N5O4. The van der Waals surface area contributed by atoms with Gasteiger partial charge in [-0.25, -0.2) is 9.78 Å². The summed E-state index contributed by atoms with van der Waals surface area (Å²) in [5.41, 5.74) is 4.41. The van der Waals surface area contributed by atoms with Crippen molar-refractivity contribution in [2.45, 2.75) is 32.0 Å². The second-order valence-corrected chi connectivity index (χ2v) is 8.90. The van der Waals surface area contributed by atoms with Gasteiger partial charge in [-0.3, -0.25) is 4.79 Å². The van der Waals surface area contributed by atoms with Crippen molar-refractivity contribution in [2.24, 2.45) is 7.05 Å². The summed E-state index contributed by atoms with van der Waals surface area (Å²) in [7, 11) is 3.55. The predicted octanol–water partition coefficient (Wildman–Crippen LogP) is 3.71. The summed E-state index contributed by atoms with van der Waals surface area (Å²) in [5.74, 6) is 0.697. The number of imidazole rings is 1. The minimum Gasteiger partial charge on any atom is -0.465 e. The topological polar surface area (TPSA) is 102 Å². The van der Waals surface area contributed by atoms with E-state index in [2.05, 4.69) is 39.6 Å². The smallest absolute Gasteiger partial charge is 0.405 e. The lowest BCUT2D eigenvalue weighted by atomic mass is 10.0. The maximum Gasteiger partial charge on any atom is 0.405 e. The van der Waals surface area contributed by atoms with Crippen LogP contribution in [0.4, 0.5) is 4.79 Å². The van der Waals surface area contributed by atoms with Crippen molar-refractivity contribution in [3.05, 3.63) is 54.1 Å². The Kier molecular flexibility index (Phi) is 5.94. The Morgan fingerprint density at radius 2 is 1.97 bits per heavy atom. The Morgan fingerprint density at radius 3 is 2.71 bits per heavy atom. The molecule has 2 aromatic carbocycles. The first-order valence-electron chi connectivity index (χ1n) is 11.8. The monoisotopic (exact) mass is 475 g/mol. The molecule has 1 saturated heterocycles. The number of rotatable bonds is 5.